The number of rotatable bonds is 2. The van der Waals surface area contributed by atoms with Gasteiger partial charge in [0.2, 0.25) is 0 Å². The Balaban J connectivity index is 2.55. The molecule has 0 aliphatic rings. The van der Waals surface area contributed by atoms with E-state index in [4.69, 9.17) is 16.7 Å². The van der Waals surface area contributed by atoms with Gasteiger partial charge in [-0.05, 0) is 44.5 Å². The van der Waals surface area contributed by atoms with Gasteiger partial charge in [-0.2, -0.15) is 5.10 Å². The van der Waals surface area contributed by atoms with Crippen LogP contribution in [0.15, 0.2) is 18.2 Å². The molecule has 2 rings (SSSR count). The van der Waals surface area contributed by atoms with Crippen LogP contribution in [0.5, 0.6) is 0 Å². The molecule has 2 aromatic rings. The summed E-state index contributed by atoms with van der Waals surface area (Å²) in [6, 6.07) is 5.10. The highest BCUT2D eigenvalue weighted by Gasteiger charge is 2.13. The molecule has 1 heterocycles. The van der Waals surface area contributed by atoms with Crippen molar-refractivity contribution in [1.29, 1.82) is 0 Å². The van der Waals surface area contributed by atoms with Gasteiger partial charge in [0.05, 0.1) is 27.7 Å². The summed E-state index contributed by atoms with van der Waals surface area (Å²) in [5, 5.41) is 14.0. The molecule has 0 spiro atoms. The van der Waals surface area contributed by atoms with Crippen molar-refractivity contribution in [2.75, 3.05) is 0 Å². The zero-order chi connectivity index (χ0) is 13.4. The van der Waals surface area contributed by atoms with Crippen molar-refractivity contribution in [3.05, 3.63) is 45.7 Å². The number of hydrogen-bond donors (Lipinski definition) is 1. The van der Waals surface area contributed by atoms with Gasteiger partial charge in [0.1, 0.15) is 0 Å². The van der Waals surface area contributed by atoms with Gasteiger partial charge in [0.15, 0.2) is 0 Å². The highest BCUT2D eigenvalue weighted by Crippen LogP contribution is 2.23. The first-order chi connectivity index (χ1) is 8.41. The van der Waals surface area contributed by atoms with E-state index in [2.05, 4.69) is 5.10 Å². The molecule has 0 radical (unpaired) electrons. The normalized spacial score (nSPS) is 10.7. The number of nitrogens with zero attached hydrogens (tertiary/aromatic N) is 2. The Morgan fingerprint density at radius 1 is 1.33 bits per heavy atom. The monoisotopic (exact) mass is 264 g/mol. The van der Waals surface area contributed by atoms with Gasteiger partial charge < -0.3 is 5.11 Å². The minimum Gasteiger partial charge on any atom is -0.478 e. The molecule has 1 aromatic carbocycles. The van der Waals surface area contributed by atoms with Gasteiger partial charge in [-0.15, -0.1) is 0 Å². The molecule has 0 aliphatic carbocycles. The van der Waals surface area contributed by atoms with E-state index >= 15 is 0 Å². The lowest BCUT2D eigenvalue weighted by Gasteiger charge is -2.07. The Morgan fingerprint density at radius 2 is 2.00 bits per heavy atom. The summed E-state index contributed by atoms with van der Waals surface area (Å²) in [6.07, 6.45) is 0. The maximum atomic E-state index is 11.0. The van der Waals surface area contributed by atoms with Gasteiger partial charge in [0.25, 0.3) is 0 Å². The first kappa shape index (κ1) is 12.6. The van der Waals surface area contributed by atoms with Crippen molar-refractivity contribution < 1.29 is 9.90 Å². The summed E-state index contributed by atoms with van der Waals surface area (Å²) in [5.74, 6) is -0.926. The van der Waals surface area contributed by atoms with Crippen molar-refractivity contribution in [1.82, 2.24) is 9.78 Å². The van der Waals surface area contributed by atoms with E-state index in [1.54, 1.807) is 29.8 Å². The third kappa shape index (κ3) is 1.99. The second kappa shape index (κ2) is 4.46. The van der Waals surface area contributed by atoms with Crippen LogP contribution < -0.4 is 0 Å². The summed E-state index contributed by atoms with van der Waals surface area (Å²) >= 11 is 6.09. The van der Waals surface area contributed by atoms with E-state index in [0.29, 0.717) is 16.1 Å². The largest absolute Gasteiger partial charge is 0.478 e. The first-order valence-corrected chi connectivity index (χ1v) is 5.85. The van der Waals surface area contributed by atoms with Crippen LogP contribution in [0.2, 0.25) is 5.02 Å². The molecule has 0 aliphatic heterocycles. The van der Waals surface area contributed by atoms with Crippen molar-refractivity contribution in [3.8, 4) is 5.69 Å². The van der Waals surface area contributed by atoms with Crippen LogP contribution in [-0.4, -0.2) is 20.9 Å². The maximum absolute atomic E-state index is 11.0. The number of aromatic carboxylic acids is 1. The van der Waals surface area contributed by atoms with Gasteiger partial charge in [-0.3, -0.25) is 0 Å². The van der Waals surface area contributed by atoms with Gasteiger partial charge >= 0.3 is 5.97 Å². The van der Waals surface area contributed by atoms with E-state index < -0.39 is 5.97 Å². The zero-order valence-electron chi connectivity index (χ0n) is 10.4. The molecule has 0 atom stereocenters. The first-order valence-electron chi connectivity index (χ1n) is 5.48. The van der Waals surface area contributed by atoms with E-state index in [0.717, 1.165) is 17.1 Å². The van der Waals surface area contributed by atoms with Crippen molar-refractivity contribution in [2.45, 2.75) is 20.8 Å². The summed E-state index contributed by atoms with van der Waals surface area (Å²) in [7, 11) is 0. The summed E-state index contributed by atoms with van der Waals surface area (Å²) < 4.78 is 1.72. The molecule has 0 saturated heterocycles. The topological polar surface area (TPSA) is 55.1 Å². The molecule has 18 heavy (non-hydrogen) atoms. The number of aromatic nitrogens is 2. The number of carboxylic acid groups (broad SMARTS) is 1. The molecule has 0 amide bonds. The summed E-state index contributed by atoms with van der Waals surface area (Å²) in [6.45, 7) is 5.48. The lowest BCUT2D eigenvalue weighted by atomic mass is 10.1. The van der Waals surface area contributed by atoms with Crippen molar-refractivity contribution >= 4 is 17.6 Å². The zero-order valence-corrected chi connectivity index (χ0v) is 11.1. The van der Waals surface area contributed by atoms with Crippen LogP contribution >= 0.6 is 11.6 Å². The molecule has 1 N–H and O–H groups in total. The Bertz CT molecular complexity index is 632. The number of halogens is 1. The summed E-state index contributed by atoms with van der Waals surface area (Å²) in [4.78, 5) is 11.0. The third-order valence-electron chi connectivity index (χ3n) is 2.89. The second-order valence-corrected chi connectivity index (χ2v) is 4.58. The van der Waals surface area contributed by atoms with Crippen LogP contribution in [0.25, 0.3) is 5.69 Å². The van der Waals surface area contributed by atoms with Crippen LogP contribution in [0.1, 0.15) is 27.3 Å². The lowest BCUT2D eigenvalue weighted by molar-refractivity contribution is 0.0696. The third-order valence-corrected chi connectivity index (χ3v) is 3.43. The predicted octanol–water partition coefficient (Wildman–Crippen LogP) is 3.15. The second-order valence-electron chi connectivity index (χ2n) is 4.20. The SMILES string of the molecule is Cc1cc(-n2nc(C)c(Cl)c2C)ccc1C(=O)O. The number of carbonyl (C=O) groups is 1. The van der Waals surface area contributed by atoms with Gasteiger partial charge in [-0.25, -0.2) is 9.48 Å². The Labute approximate surface area is 110 Å². The average molecular weight is 265 g/mol. The average Bonchev–Trinajstić information content (AvgIpc) is 2.56. The molecule has 5 heteroatoms. The predicted molar refractivity (Wildman–Crippen MR) is 69.7 cm³/mol. The molecule has 0 unspecified atom stereocenters. The van der Waals surface area contributed by atoms with Gasteiger partial charge in [-0.1, -0.05) is 11.6 Å². The fraction of sp³-hybridized carbons (Fsp3) is 0.231. The molecule has 1 aromatic heterocycles. The summed E-state index contributed by atoms with van der Waals surface area (Å²) in [5.41, 5.74) is 3.41. The van der Waals surface area contributed by atoms with Crippen LogP contribution in [-0.2, 0) is 0 Å². The molecule has 0 fully saturated rings. The number of carboxylic acids is 1. The number of hydrogen-bond acceptors (Lipinski definition) is 2. The minimum atomic E-state index is -0.926. The fourth-order valence-electron chi connectivity index (χ4n) is 1.89. The molecule has 0 saturated carbocycles. The molecule has 4 nitrogen and oxygen atoms in total. The Kier molecular flexibility index (Phi) is 3.13. The van der Waals surface area contributed by atoms with E-state index in [9.17, 15) is 4.79 Å². The highest BCUT2D eigenvalue weighted by atomic mass is 35.5. The maximum Gasteiger partial charge on any atom is 0.335 e. The van der Waals surface area contributed by atoms with E-state index in [1.165, 1.54) is 0 Å². The van der Waals surface area contributed by atoms with Crippen LogP contribution in [0, 0.1) is 20.8 Å². The number of aryl methyl sites for hydroxylation is 2. The molecule has 94 valence electrons. The lowest BCUT2D eigenvalue weighted by Crippen LogP contribution is -2.04. The quantitative estimate of drug-likeness (QED) is 0.907. The minimum absolute atomic E-state index is 0.298. The van der Waals surface area contributed by atoms with E-state index in [1.807, 2.05) is 13.8 Å². The van der Waals surface area contributed by atoms with Crippen LogP contribution in [0.3, 0.4) is 0 Å². The van der Waals surface area contributed by atoms with Crippen LogP contribution in [0.4, 0.5) is 0 Å². The fourth-order valence-corrected chi connectivity index (χ4v) is 2.01. The van der Waals surface area contributed by atoms with Crippen molar-refractivity contribution in [2.24, 2.45) is 0 Å². The van der Waals surface area contributed by atoms with Crippen molar-refractivity contribution in [3.63, 3.8) is 0 Å². The highest BCUT2D eigenvalue weighted by molar-refractivity contribution is 6.31. The molecular weight excluding hydrogens is 252 g/mol. The standard InChI is InChI=1S/C13H13ClN2O2/c1-7-6-10(4-5-11(7)13(17)18)16-9(3)12(14)8(2)15-16/h4-6H,1-3H3,(H,17,18). The smallest absolute Gasteiger partial charge is 0.335 e. The molecule has 0 bridgehead atoms. The Morgan fingerprint density at radius 3 is 2.44 bits per heavy atom. The molecular formula is C13H13ClN2O2. The van der Waals surface area contributed by atoms with Gasteiger partial charge in [0, 0.05) is 0 Å². The Hall–Kier alpha value is -1.81. The number of benzene rings is 1. The van der Waals surface area contributed by atoms with E-state index in [-0.39, 0.29) is 0 Å².